The molecule has 0 bridgehead atoms. The van der Waals surface area contributed by atoms with Crippen LogP contribution in [-0.2, 0) is 13.1 Å². The molecule has 0 unspecified atom stereocenters. The summed E-state index contributed by atoms with van der Waals surface area (Å²) in [5.74, 6) is -0.159. The number of nitrogens with zero attached hydrogens (tertiary/aromatic N) is 3. The molecule has 0 radical (unpaired) electrons. The first kappa shape index (κ1) is 18.4. The number of fused-ring (bicyclic) bond motifs is 1. The van der Waals surface area contributed by atoms with Crippen LogP contribution in [0.25, 0.3) is 22.6 Å². The highest BCUT2D eigenvalue weighted by Gasteiger charge is 2.20. The highest BCUT2D eigenvalue weighted by Crippen LogP contribution is 2.27. The number of imidazole rings is 1. The second-order valence-electron chi connectivity index (χ2n) is 6.31. The number of aromatic nitrogens is 4. The van der Waals surface area contributed by atoms with Gasteiger partial charge in [-0.2, -0.15) is 0 Å². The zero-order chi connectivity index (χ0) is 19.8. The van der Waals surface area contributed by atoms with Gasteiger partial charge in [0, 0.05) is 11.0 Å². The monoisotopic (exact) mass is 442 g/mol. The average molecular weight is 443 g/mol. The smallest absolute Gasteiger partial charge is 0.318 e. The molecule has 0 atom stereocenters. The highest BCUT2D eigenvalue weighted by atomic mass is 79.9. The number of hydrogen-bond donors (Lipinski definition) is 1. The van der Waals surface area contributed by atoms with Crippen LogP contribution in [0.1, 0.15) is 12.5 Å². The third-order valence-corrected chi connectivity index (χ3v) is 5.05. The number of rotatable bonds is 4. The van der Waals surface area contributed by atoms with Gasteiger partial charge in [0.05, 0.1) is 12.1 Å². The Morgan fingerprint density at radius 2 is 1.86 bits per heavy atom. The fourth-order valence-electron chi connectivity index (χ4n) is 3.27. The van der Waals surface area contributed by atoms with Crippen molar-refractivity contribution in [2.45, 2.75) is 20.0 Å². The lowest BCUT2D eigenvalue weighted by Gasteiger charge is -2.07. The van der Waals surface area contributed by atoms with Crippen molar-refractivity contribution in [3.8, 4) is 11.4 Å². The van der Waals surface area contributed by atoms with Crippen molar-refractivity contribution in [1.29, 1.82) is 0 Å². The van der Waals surface area contributed by atoms with Crippen molar-refractivity contribution in [2.75, 3.05) is 0 Å². The molecule has 4 aromatic rings. The van der Waals surface area contributed by atoms with E-state index in [0.29, 0.717) is 16.8 Å². The summed E-state index contributed by atoms with van der Waals surface area (Å²) in [7, 11) is 0. The van der Waals surface area contributed by atoms with Gasteiger partial charge in [0.25, 0.3) is 5.56 Å². The Bertz CT molecular complexity index is 1290. The van der Waals surface area contributed by atoms with E-state index in [-0.39, 0.29) is 23.3 Å². The number of nitrogens with one attached hydrogen (secondary N) is 1. The standard InChI is InChI=1S/C20H16BrFN4O2/c1-2-25-16-18(23-17(25)14-9-8-13(21)10-15(14)22)26(20(28)24-19(16)27)11-12-6-4-3-5-7-12/h3-10H,2,11H2,1H3,(H,24,27,28). The van der Waals surface area contributed by atoms with Crippen LogP contribution in [0.5, 0.6) is 0 Å². The van der Waals surface area contributed by atoms with Gasteiger partial charge in [-0.3, -0.25) is 14.3 Å². The minimum absolute atomic E-state index is 0.233. The Balaban J connectivity index is 2.01. The zero-order valence-corrected chi connectivity index (χ0v) is 16.5. The summed E-state index contributed by atoms with van der Waals surface area (Å²) in [6, 6.07) is 14.0. The lowest BCUT2D eigenvalue weighted by atomic mass is 10.2. The maximum Gasteiger partial charge on any atom is 0.330 e. The van der Waals surface area contributed by atoms with Crippen LogP contribution in [0.3, 0.4) is 0 Å². The molecule has 0 aliphatic heterocycles. The predicted octanol–water partition coefficient (Wildman–Crippen LogP) is 3.52. The Morgan fingerprint density at radius 3 is 2.54 bits per heavy atom. The molecule has 28 heavy (non-hydrogen) atoms. The molecule has 2 heterocycles. The normalized spacial score (nSPS) is 11.2. The van der Waals surface area contributed by atoms with E-state index >= 15 is 0 Å². The lowest BCUT2D eigenvalue weighted by molar-refractivity contribution is 0.627. The number of aryl methyl sites for hydroxylation is 1. The maximum absolute atomic E-state index is 14.6. The maximum atomic E-state index is 14.6. The van der Waals surface area contributed by atoms with Gasteiger partial charge in [0.2, 0.25) is 0 Å². The number of benzene rings is 2. The van der Waals surface area contributed by atoms with Crippen molar-refractivity contribution < 1.29 is 4.39 Å². The van der Waals surface area contributed by atoms with Gasteiger partial charge in [-0.1, -0.05) is 46.3 Å². The second-order valence-corrected chi connectivity index (χ2v) is 7.22. The van der Waals surface area contributed by atoms with Gasteiger partial charge >= 0.3 is 5.69 Å². The molecular formula is C20H16BrFN4O2. The van der Waals surface area contributed by atoms with Gasteiger partial charge in [0.1, 0.15) is 11.6 Å². The molecule has 1 N–H and O–H groups in total. The zero-order valence-electron chi connectivity index (χ0n) is 14.9. The summed E-state index contributed by atoms with van der Waals surface area (Å²) >= 11 is 3.24. The van der Waals surface area contributed by atoms with Crippen LogP contribution < -0.4 is 11.2 Å². The summed E-state index contributed by atoms with van der Waals surface area (Å²) in [6.07, 6.45) is 0. The topological polar surface area (TPSA) is 72.7 Å². The van der Waals surface area contributed by atoms with Gasteiger partial charge in [0.15, 0.2) is 11.2 Å². The van der Waals surface area contributed by atoms with Gasteiger partial charge in [-0.25, -0.2) is 14.2 Å². The van der Waals surface area contributed by atoms with Crippen LogP contribution in [0.15, 0.2) is 62.6 Å². The molecule has 0 saturated carbocycles. The average Bonchev–Trinajstić information content (AvgIpc) is 3.05. The molecule has 0 fully saturated rings. The molecule has 0 amide bonds. The van der Waals surface area contributed by atoms with Crippen LogP contribution in [-0.4, -0.2) is 19.1 Å². The second kappa shape index (κ2) is 7.20. The summed E-state index contributed by atoms with van der Waals surface area (Å²) in [4.78, 5) is 31.9. The number of aromatic amines is 1. The Hall–Kier alpha value is -3.00. The number of H-pyrrole nitrogens is 1. The van der Waals surface area contributed by atoms with E-state index in [2.05, 4.69) is 25.9 Å². The quantitative estimate of drug-likeness (QED) is 0.525. The molecule has 0 aliphatic rings. The fraction of sp³-hybridized carbons (Fsp3) is 0.150. The largest absolute Gasteiger partial charge is 0.330 e. The van der Waals surface area contributed by atoms with E-state index < -0.39 is 17.1 Å². The molecule has 2 aromatic heterocycles. The van der Waals surface area contributed by atoms with Crippen molar-refractivity contribution in [3.63, 3.8) is 0 Å². The molecule has 0 spiro atoms. The van der Waals surface area contributed by atoms with E-state index in [1.165, 1.54) is 10.6 Å². The predicted molar refractivity (Wildman–Crippen MR) is 109 cm³/mol. The van der Waals surface area contributed by atoms with Crippen molar-refractivity contribution in [3.05, 3.63) is 85.2 Å². The van der Waals surface area contributed by atoms with Crippen molar-refractivity contribution in [2.24, 2.45) is 0 Å². The lowest BCUT2D eigenvalue weighted by Crippen LogP contribution is -2.31. The number of hydrogen-bond acceptors (Lipinski definition) is 3. The molecule has 0 saturated heterocycles. The van der Waals surface area contributed by atoms with Gasteiger partial charge < -0.3 is 4.57 Å². The molecule has 0 aliphatic carbocycles. The Morgan fingerprint density at radius 1 is 1.11 bits per heavy atom. The van der Waals surface area contributed by atoms with Crippen LogP contribution in [0, 0.1) is 5.82 Å². The first-order valence-electron chi connectivity index (χ1n) is 8.72. The molecule has 2 aromatic carbocycles. The first-order chi connectivity index (χ1) is 13.5. The number of halogens is 2. The van der Waals surface area contributed by atoms with Crippen LogP contribution in [0.4, 0.5) is 4.39 Å². The molecule has 142 valence electrons. The van der Waals surface area contributed by atoms with Crippen molar-refractivity contribution >= 4 is 27.1 Å². The molecule has 4 rings (SSSR count). The third-order valence-electron chi connectivity index (χ3n) is 4.56. The highest BCUT2D eigenvalue weighted by molar-refractivity contribution is 9.10. The van der Waals surface area contributed by atoms with E-state index in [1.54, 1.807) is 16.7 Å². The van der Waals surface area contributed by atoms with Crippen molar-refractivity contribution in [1.82, 2.24) is 19.1 Å². The van der Waals surface area contributed by atoms with Gasteiger partial charge in [-0.15, -0.1) is 0 Å². The van der Waals surface area contributed by atoms with E-state index in [4.69, 9.17) is 0 Å². The minimum Gasteiger partial charge on any atom is -0.318 e. The summed E-state index contributed by atoms with van der Waals surface area (Å²) in [5, 5.41) is 0. The van der Waals surface area contributed by atoms with E-state index in [1.807, 2.05) is 37.3 Å². The molecular weight excluding hydrogens is 427 g/mol. The first-order valence-corrected chi connectivity index (χ1v) is 9.51. The SMILES string of the molecule is CCn1c(-c2ccc(Br)cc2F)nc2c1c(=O)[nH]c(=O)n2Cc1ccccc1. The summed E-state index contributed by atoms with van der Waals surface area (Å²) in [5.41, 5.74) is 0.541. The minimum atomic E-state index is -0.551. The van der Waals surface area contributed by atoms with Gasteiger partial charge in [-0.05, 0) is 30.7 Å². The Labute approximate surface area is 167 Å². The summed E-state index contributed by atoms with van der Waals surface area (Å²) in [6.45, 7) is 2.48. The molecule has 6 nitrogen and oxygen atoms in total. The van der Waals surface area contributed by atoms with E-state index in [9.17, 15) is 14.0 Å². The fourth-order valence-corrected chi connectivity index (χ4v) is 3.60. The van der Waals surface area contributed by atoms with Crippen LogP contribution in [0.2, 0.25) is 0 Å². The third kappa shape index (κ3) is 3.09. The molecule has 8 heteroatoms. The Kier molecular flexibility index (Phi) is 4.72. The van der Waals surface area contributed by atoms with Crippen LogP contribution >= 0.6 is 15.9 Å². The summed E-state index contributed by atoms with van der Waals surface area (Å²) < 4.78 is 18.2. The van der Waals surface area contributed by atoms with E-state index in [0.717, 1.165) is 5.56 Å².